The van der Waals surface area contributed by atoms with Crippen LogP contribution < -0.4 is 5.56 Å². The van der Waals surface area contributed by atoms with Crippen molar-refractivity contribution in [2.75, 3.05) is 6.61 Å². The van der Waals surface area contributed by atoms with Gasteiger partial charge in [-0.3, -0.25) is 9.36 Å². The van der Waals surface area contributed by atoms with Crippen LogP contribution in [0.1, 0.15) is 56.5 Å². The molecule has 2 aromatic rings. The minimum atomic E-state index is -0.652. The topological polar surface area (TPSA) is 61.2 Å². The summed E-state index contributed by atoms with van der Waals surface area (Å²) in [6, 6.07) is -0.652. The molecule has 0 saturated carbocycles. The summed E-state index contributed by atoms with van der Waals surface area (Å²) in [5, 5.41) is 0.707. The number of nitrogens with zero attached hydrogens (tertiary/aromatic N) is 2. The molecule has 1 aliphatic rings. The number of ether oxygens (including phenoxy) is 1. The van der Waals surface area contributed by atoms with E-state index in [4.69, 9.17) is 4.74 Å². The van der Waals surface area contributed by atoms with Gasteiger partial charge in [-0.1, -0.05) is 13.8 Å². The number of carbonyl (C=O) groups is 1. The van der Waals surface area contributed by atoms with Crippen LogP contribution in [-0.4, -0.2) is 22.1 Å². The molecule has 0 amide bonds. The summed E-state index contributed by atoms with van der Waals surface area (Å²) >= 11 is 1.62. The summed E-state index contributed by atoms with van der Waals surface area (Å²) in [5.74, 6) is 0.106. The molecule has 6 heteroatoms. The van der Waals surface area contributed by atoms with Crippen LogP contribution in [0.25, 0.3) is 10.2 Å². The molecular formula is C18H24N2O3S. The molecule has 1 atom stereocenters. The van der Waals surface area contributed by atoms with Crippen molar-refractivity contribution in [2.24, 2.45) is 5.92 Å². The summed E-state index contributed by atoms with van der Waals surface area (Å²) in [4.78, 5) is 31.7. The number of aromatic nitrogens is 2. The van der Waals surface area contributed by atoms with E-state index in [0.717, 1.165) is 36.1 Å². The summed E-state index contributed by atoms with van der Waals surface area (Å²) in [6.07, 6.45) is 6.56. The second kappa shape index (κ2) is 7.05. The van der Waals surface area contributed by atoms with Crippen LogP contribution in [0.4, 0.5) is 0 Å². The van der Waals surface area contributed by atoms with Crippen LogP contribution in [0, 0.1) is 5.92 Å². The van der Waals surface area contributed by atoms with Crippen LogP contribution in [-0.2, 0) is 22.4 Å². The number of rotatable bonds is 5. The van der Waals surface area contributed by atoms with E-state index in [1.807, 2.05) is 0 Å². The number of fused-ring (bicyclic) bond motifs is 3. The molecule has 2 heterocycles. The van der Waals surface area contributed by atoms with Crippen LogP contribution in [0.2, 0.25) is 0 Å². The minimum absolute atomic E-state index is 0.118. The Hall–Kier alpha value is -1.69. The van der Waals surface area contributed by atoms with E-state index in [2.05, 4.69) is 18.8 Å². The molecule has 2 aromatic heterocycles. The molecule has 5 nitrogen and oxygen atoms in total. The molecule has 0 aliphatic heterocycles. The fourth-order valence-electron chi connectivity index (χ4n) is 3.06. The van der Waals surface area contributed by atoms with Crippen molar-refractivity contribution in [1.29, 1.82) is 0 Å². The quantitative estimate of drug-likeness (QED) is 0.776. The Morgan fingerprint density at radius 3 is 2.83 bits per heavy atom. The molecule has 0 radical (unpaired) electrons. The van der Waals surface area contributed by atoms with E-state index >= 15 is 0 Å². The van der Waals surface area contributed by atoms with E-state index in [9.17, 15) is 9.59 Å². The Morgan fingerprint density at radius 1 is 1.33 bits per heavy atom. The number of thiophene rings is 1. The number of hydrogen-bond acceptors (Lipinski definition) is 5. The molecule has 0 spiro atoms. The van der Waals surface area contributed by atoms with E-state index in [1.54, 1.807) is 18.3 Å². The molecular weight excluding hydrogens is 324 g/mol. The van der Waals surface area contributed by atoms with Crippen molar-refractivity contribution in [3.63, 3.8) is 0 Å². The van der Waals surface area contributed by atoms with Gasteiger partial charge in [-0.15, -0.1) is 11.3 Å². The van der Waals surface area contributed by atoms with Gasteiger partial charge in [0.15, 0.2) is 0 Å². The van der Waals surface area contributed by atoms with Crippen LogP contribution in [0.15, 0.2) is 11.1 Å². The molecule has 3 rings (SSSR count). The van der Waals surface area contributed by atoms with Gasteiger partial charge in [-0.25, -0.2) is 9.78 Å². The zero-order chi connectivity index (χ0) is 17.3. The third-order valence-electron chi connectivity index (χ3n) is 4.60. The van der Waals surface area contributed by atoms with Gasteiger partial charge in [-0.05, 0) is 50.5 Å². The fraction of sp³-hybridized carbons (Fsp3) is 0.611. The van der Waals surface area contributed by atoms with Crippen molar-refractivity contribution in [1.82, 2.24) is 9.55 Å². The summed E-state index contributed by atoms with van der Waals surface area (Å²) in [5.41, 5.74) is 1.03. The Morgan fingerprint density at radius 2 is 2.08 bits per heavy atom. The lowest BCUT2D eigenvalue weighted by atomic mass is 9.97. The zero-order valence-corrected chi connectivity index (χ0v) is 15.3. The van der Waals surface area contributed by atoms with Crippen LogP contribution in [0.3, 0.4) is 0 Å². The van der Waals surface area contributed by atoms with Crippen molar-refractivity contribution in [3.05, 3.63) is 27.1 Å². The Bertz CT molecular complexity index is 806. The van der Waals surface area contributed by atoms with Gasteiger partial charge >= 0.3 is 5.97 Å². The molecule has 130 valence electrons. The molecule has 0 unspecified atom stereocenters. The van der Waals surface area contributed by atoms with Gasteiger partial charge in [0.2, 0.25) is 0 Å². The SMILES string of the molecule is CC(C)CCOC(=O)[C@@H](C)n1cnc2sc3c(c2c1=O)CCCC3. The number of aryl methyl sites for hydroxylation is 2. The lowest BCUT2D eigenvalue weighted by Crippen LogP contribution is -2.30. The average Bonchev–Trinajstić information content (AvgIpc) is 2.93. The van der Waals surface area contributed by atoms with Crippen LogP contribution in [0.5, 0.6) is 0 Å². The highest BCUT2D eigenvalue weighted by atomic mass is 32.1. The third kappa shape index (κ3) is 3.24. The van der Waals surface area contributed by atoms with Gasteiger partial charge < -0.3 is 4.74 Å². The maximum absolute atomic E-state index is 12.9. The normalized spacial score (nSPS) is 15.5. The summed E-state index contributed by atoms with van der Waals surface area (Å²) in [6.45, 7) is 6.25. The Kier molecular flexibility index (Phi) is 5.04. The second-order valence-electron chi connectivity index (χ2n) is 6.87. The van der Waals surface area contributed by atoms with Crippen LogP contribution >= 0.6 is 11.3 Å². The van der Waals surface area contributed by atoms with Crippen molar-refractivity contribution >= 4 is 27.5 Å². The zero-order valence-electron chi connectivity index (χ0n) is 14.5. The minimum Gasteiger partial charge on any atom is -0.464 e. The highest BCUT2D eigenvalue weighted by Crippen LogP contribution is 2.33. The first-order valence-corrected chi connectivity index (χ1v) is 9.48. The molecule has 1 aliphatic carbocycles. The molecule has 0 bridgehead atoms. The smallest absolute Gasteiger partial charge is 0.328 e. The van der Waals surface area contributed by atoms with E-state index in [0.29, 0.717) is 17.9 Å². The highest BCUT2D eigenvalue weighted by molar-refractivity contribution is 7.18. The first kappa shape index (κ1) is 17.1. The lowest BCUT2D eigenvalue weighted by molar-refractivity contribution is -0.147. The summed E-state index contributed by atoms with van der Waals surface area (Å²) < 4.78 is 6.72. The monoisotopic (exact) mass is 348 g/mol. The standard InChI is InChI=1S/C18H24N2O3S/c1-11(2)8-9-23-18(22)12(3)20-10-19-16-15(17(20)21)13-6-4-5-7-14(13)24-16/h10-12H,4-9H2,1-3H3/t12-/m1/s1. The molecule has 24 heavy (non-hydrogen) atoms. The Balaban J connectivity index is 1.88. The first-order valence-electron chi connectivity index (χ1n) is 8.67. The van der Waals surface area contributed by atoms with Gasteiger partial charge in [0, 0.05) is 4.88 Å². The van der Waals surface area contributed by atoms with Gasteiger partial charge in [0.25, 0.3) is 5.56 Å². The third-order valence-corrected chi connectivity index (χ3v) is 5.80. The predicted molar refractivity (Wildman–Crippen MR) is 95.6 cm³/mol. The fourth-order valence-corrected chi connectivity index (χ4v) is 4.28. The first-order chi connectivity index (χ1) is 11.5. The lowest BCUT2D eigenvalue weighted by Gasteiger charge is -2.15. The number of carbonyl (C=O) groups excluding carboxylic acids is 1. The number of esters is 1. The molecule has 0 N–H and O–H groups in total. The summed E-state index contributed by atoms with van der Waals surface area (Å²) in [7, 11) is 0. The van der Waals surface area contributed by atoms with Crippen molar-refractivity contribution < 1.29 is 9.53 Å². The maximum Gasteiger partial charge on any atom is 0.328 e. The van der Waals surface area contributed by atoms with Gasteiger partial charge in [0.1, 0.15) is 10.9 Å². The predicted octanol–water partition coefficient (Wildman–Crippen LogP) is 3.49. The Labute approximate surface area is 145 Å². The second-order valence-corrected chi connectivity index (χ2v) is 7.96. The molecule has 0 fully saturated rings. The van der Waals surface area contributed by atoms with E-state index in [1.165, 1.54) is 22.2 Å². The highest BCUT2D eigenvalue weighted by Gasteiger charge is 2.23. The molecule has 0 saturated heterocycles. The largest absolute Gasteiger partial charge is 0.464 e. The van der Waals surface area contributed by atoms with Gasteiger partial charge in [-0.2, -0.15) is 0 Å². The van der Waals surface area contributed by atoms with Gasteiger partial charge in [0.05, 0.1) is 18.3 Å². The van der Waals surface area contributed by atoms with E-state index < -0.39 is 6.04 Å². The van der Waals surface area contributed by atoms with Crippen molar-refractivity contribution in [2.45, 2.75) is 58.9 Å². The van der Waals surface area contributed by atoms with E-state index in [-0.39, 0.29) is 11.5 Å². The number of hydrogen-bond donors (Lipinski definition) is 0. The maximum atomic E-state index is 12.9. The van der Waals surface area contributed by atoms with Crippen molar-refractivity contribution in [3.8, 4) is 0 Å². The molecule has 0 aromatic carbocycles. The average molecular weight is 348 g/mol.